The summed E-state index contributed by atoms with van der Waals surface area (Å²) < 4.78 is 11.0. The molecule has 0 aromatic heterocycles. The molecule has 2 aromatic rings. The Labute approximate surface area is 158 Å². The lowest BCUT2D eigenvalue weighted by Gasteiger charge is -2.18. The second-order valence-electron chi connectivity index (χ2n) is 6.65. The number of hydrogen-bond acceptors (Lipinski definition) is 4. The van der Waals surface area contributed by atoms with Crippen LogP contribution in [0.3, 0.4) is 0 Å². The van der Waals surface area contributed by atoms with Crippen LogP contribution in [0.5, 0.6) is 5.75 Å². The molecule has 6 heteroatoms. The molecule has 3 rings (SSSR count). The lowest BCUT2D eigenvalue weighted by molar-refractivity contribution is -0.129. The van der Waals surface area contributed by atoms with Gasteiger partial charge in [0.1, 0.15) is 18.4 Å². The van der Waals surface area contributed by atoms with E-state index in [1.807, 2.05) is 54.6 Å². The summed E-state index contributed by atoms with van der Waals surface area (Å²) in [5.41, 5.74) is 7.45. The normalized spacial score (nSPS) is 17.3. The van der Waals surface area contributed by atoms with Gasteiger partial charge in [-0.15, -0.1) is 0 Å². The maximum absolute atomic E-state index is 12.2. The van der Waals surface area contributed by atoms with Gasteiger partial charge in [0.05, 0.1) is 12.5 Å². The lowest BCUT2D eigenvalue weighted by Crippen LogP contribution is -2.48. The summed E-state index contributed by atoms with van der Waals surface area (Å²) in [6, 6.07) is 16.6. The number of benzene rings is 2. The standard InChI is InChI=1S/C21H24N2O4/c22-20(24)19(23-21(25)17-10-11-26-14-17)12-15-6-8-18(9-7-15)27-13-16-4-2-1-3-5-16/h1-9,17,19H,10-14H2,(H2,22,24)(H,23,25)/t17-,19-/m0/s1. The van der Waals surface area contributed by atoms with Gasteiger partial charge < -0.3 is 20.5 Å². The Balaban J connectivity index is 1.54. The van der Waals surface area contributed by atoms with E-state index in [0.717, 1.165) is 16.9 Å². The summed E-state index contributed by atoms with van der Waals surface area (Å²) >= 11 is 0. The first-order chi connectivity index (χ1) is 13.1. The zero-order chi connectivity index (χ0) is 19.1. The van der Waals surface area contributed by atoms with E-state index >= 15 is 0 Å². The number of nitrogens with two attached hydrogens (primary N) is 1. The first-order valence-corrected chi connectivity index (χ1v) is 9.05. The topological polar surface area (TPSA) is 90.7 Å². The lowest BCUT2D eigenvalue weighted by atomic mass is 10.0. The SMILES string of the molecule is NC(=O)[C@H](Cc1ccc(OCc2ccccc2)cc1)NC(=O)[C@H]1CCOC1. The second-order valence-corrected chi connectivity index (χ2v) is 6.65. The van der Waals surface area contributed by atoms with Crippen LogP contribution in [0, 0.1) is 5.92 Å². The minimum Gasteiger partial charge on any atom is -0.489 e. The number of rotatable bonds is 8. The maximum atomic E-state index is 12.2. The molecule has 2 amide bonds. The summed E-state index contributed by atoms with van der Waals surface area (Å²) in [7, 11) is 0. The van der Waals surface area contributed by atoms with Gasteiger partial charge >= 0.3 is 0 Å². The van der Waals surface area contributed by atoms with Crippen molar-refractivity contribution in [1.29, 1.82) is 0 Å². The van der Waals surface area contributed by atoms with Crippen molar-refractivity contribution in [3.8, 4) is 5.75 Å². The van der Waals surface area contributed by atoms with Gasteiger partial charge in [-0.1, -0.05) is 42.5 Å². The molecule has 1 aliphatic rings. The van der Waals surface area contributed by atoms with Crippen molar-refractivity contribution in [2.75, 3.05) is 13.2 Å². The van der Waals surface area contributed by atoms with Crippen molar-refractivity contribution >= 4 is 11.8 Å². The summed E-state index contributed by atoms with van der Waals surface area (Å²) in [4.78, 5) is 23.9. The van der Waals surface area contributed by atoms with Crippen molar-refractivity contribution in [2.24, 2.45) is 11.7 Å². The van der Waals surface area contributed by atoms with E-state index in [-0.39, 0.29) is 11.8 Å². The number of carbonyl (C=O) groups excluding carboxylic acids is 2. The van der Waals surface area contributed by atoms with Crippen molar-refractivity contribution in [2.45, 2.75) is 25.5 Å². The second kappa shape index (κ2) is 9.19. The van der Waals surface area contributed by atoms with E-state index in [4.69, 9.17) is 15.2 Å². The number of primary amides is 1. The zero-order valence-corrected chi connectivity index (χ0v) is 15.1. The fraction of sp³-hybridized carbons (Fsp3) is 0.333. The van der Waals surface area contributed by atoms with Crippen LogP contribution in [0.1, 0.15) is 17.5 Å². The Morgan fingerprint density at radius 3 is 2.48 bits per heavy atom. The third-order valence-corrected chi connectivity index (χ3v) is 4.57. The Bertz CT molecular complexity index is 756. The van der Waals surface area contributed by atoms with E-state index < -0.39 is 11.9 Å². The molecule has 0 aliphatic carbocycles. The van der Waals surface area contributed by atoms with E-state index in [1.54, 1.807) is 0 Å². The molecule has 0 unspecified atom stereocenters. The molecule has 0 bridgehead atoms. The Kier molecular flexibility index (Phi) is 6.44. The van der Waals surface area contributed by atoms with Crippen molar-refractivity contribution in [3.05, 3.63) is 65.7 Å². The van der Waals surface area contributed by atoms with Gasteiger partial charge in [0.2, 0.25) is 11.8 Å². The molecule has 27 heavy (non-hydrogen) atoms. The Morgan fingerprint density at radius 2 is 1.85 bits per heavy atom. The number of hydrogen-bond donors (Lipinski definition) is 2. The number of carbonyl (C=O) groups is 2. The minimum atomic E-state index is -0.741. The fourth-order valence-electron chi connectivity index (χ4n) is 2.95. The molecule has 3 N–H and O–H groups in total. The Hall–Kier alpha value is -2.86. The molecule has 142 valence electrons. The van der Waals surface area contributed by atoms with Gasteiger partial charge in [-0.05, 0) is 29.7 Å². The van der Waals surface area contributed by atoms with Gasteiger partial charge in [-0.25, -0.2) is 0 Å². The highest BCUT2D eigenvalue weighted by atomic mass is 16.5. The van der Waals surface area contributed by atoms with Crippen molar-refractivity contribution < 1.29 is 19.1 Å². The fourth-order valence-corrected chi connectivity index (χ4v) is 2.95. The molecule has 0 spiro atoms. The highest BCUT2D eigenvalue weighted by molar-refractivity contribution is 5.87. The van der Waals surface area contributed by atoms with Crippen LogP contribution in [0.4, 0.5) is 0 Å². The van der Waals surface area contributed by atoms with Crippen LogP contribution < -0.4 is 15.8 Å². The minimum absolute atomic E-state index is 0.181. The van der Waals surface area contributed by atoms with Crippen LogP contribution in [-0.2, 0) is 27.4 Å². The molecular formula is C21H24N2O4. The third-order valence-electron chi connectivity index (χ3n) is 4.57. The predicted octanol–water partition coefficient (Wildman–Crippen LogP) is 1.81. The molecular weight excluding hydrogens is 344 g/mol. The molecule has 1 saturated heterocycles. The van der Waals surface area contributed by atoms with Gasteiger partial charge in [0.15, 0.2) is 0 Å². The van der Waals surface area contributed by atoms with E-state index in [1.165, 1.54) is 0 Å². The Morgan fingerprint density at radius 1 is 1.11 bits per heavy atom. The molecule has 1 aliphatic heterocycles. The quantitative estimate of drug-likeness (QED) is 0.744. The first kappa shape index (κ1) is 18.9. The molecule has 0 saturated carbocycles. The number of ether oxygens (including phenoxy) is 2. The van der Waals surface area contributed by atoms with Gasteiger partial charge in [-0.2, -0.15) is 0 Å². The molecule has 2 aromatic carbocycles. The average molecular weight is 368 g/mol. The van der Waals surface area contributed by atoms with Crippen molar-refractivity contribution in [3.63, 3.8) is 0 Å². The summed E-state index contributed by atoms with van der Waals surface area (Å²) in [5.74, 6) is -0.197. The monoisotopic (exact) mass is 368 g/mol. The van der Waals surface area contributed by atoms with Gasteiger partial charge in [0, 0.05) is 13.0 Å². The summed E-state index contributed by atoms with van der Waals surface area (Å²) in [6.07, 6.45) is 1.01. The first-order valence-electron chi connectivity index (χ1n) is 9.05. The molecule has 1 heterocycles. The van der Waals surface area contributed by atoms with E-state index in [9.17, 15) is 9.59 Å². The molecule has 0 radical (unpaired) electrons. The van der Waals surface area contributed by atoms with Crippen LogP contribution in [0.15, 0.2) is 54.6 Å². The van der Waals surface area contributed by atoms with Crippen LogP contribution >= 0.6 is 0 Å². The van der Waals surface area contributed by atoms with Gasteiger partial charge in [-0.3, -0.25) is 9.59 Å². The summed E-state index contributed by atoms with van der Waals surface area (Å²) in [5, 5.41) is 2.74. The highest BCUT2D eigenvalue weighted by Gasteiger charge is 2.27. The maximum Gasteiger partial charge on any atom is 0.240 e. The van der Waals surface area contributed by atoms with E-state index in [0.29, 0.717) is 32.7 Å². The van der Waals surface area contributed by atoms with Gasteiger partial charge in [0.25, 0.3) is 0 Å². The van der Waals surface area contributed by atoms with Crippen LogP contribution in [-0.4, -0.2) is 31.1 Å². The highest BCUT2D eigenvalue weighted by Crippen LogP contribution is 2.16. The van der Waals surface area contributed by atoms with E-state index in [2.05, 4.69) is 5.32 Å². The number of nitrogens with one attached hydrogen (secondary N) is 1. The molecule has 2 atom stereocenters. The van der Waals surface area contributed by atoms with Crippen LogP contribution in [0.2, 0.25) is 0 Å². The molecule has 6 nitrogen and oxygen atoms in total. The average Bonchev–Trinajstić information content (AvgIpc) is 3.22. The largest absolute Gasteiger partial charge is 0.489 e. The number of amides is 2. The zero-order valence-electron chi connectivity index (χ0n) is 15.1. The predicted molar refractivity (Wildman–Crippen MR) is 101 cm³/mol. The molecule has 1 fully saturated rings. The van der Waals surface area contributed by atoms with Crippen molar-refractivity contribution in [1.82, 2.24) is 5.32 Å². The van der Waals surface area contributed by atoms with Crippen LogP contribution in [0.25, 0.3) is 0 Å². The smallest absolute Gasteiger partial charge is 0.240 e. The third kappa shape index (κ3) is 5.56. The summed E-state index contributed by atoms with van der Waals surface area (Å²) in [6.45, 7) is 1.46.